The fraction of sp³-hybridized carbons (Fsp3) is 0.850. The van der Waals surface area contributed by atoms with Crippen molar-refractivity contribution in [2.75, 3.05) is 34.0 Å². The summed E-state index contributed by atoms with van der Waals surface area (Å²) in [6, 6.07) is 0. The van der Waals surface area contributed by atoms with Gasteiger partial charge in [0.25, 0.3) is 0 Å². The van der Waals surface area contributed by atoms with E-state index in [2.05, 4.69) is 0 Å². The van der Waals surface area contributed by atoms with Crippen LogP contribution in [0.5, 0.6) is 0 Å². The summed E-state index contributed by atoms with van der Waals surface area (Å²) >= 11 is 0. The molecule has 2 unspecified atom stereocenters. The number of carbonyl (C=O) groups is 3. The minimum atomic E-state index is -0.995. The summed E-state index contributed by atoms with van der Waals surface area (Å²) in [4.78, 5) is 35.3. The predicted molar refractivity (Wildman–Crippen MR) is 103 cm³/mol. The molecule has 2 atom stereocenters. The number of ether oxygens (including phenoxy) is 5. The van der Waals surface area contributed by atoms with Crippen molar-refractivity contribution in [3.05, 3.63) is 0 Å². The van der Waals surface area contributed by atoms with Gasteiger partial charge in [-0.25, -0.2) is 4.79 Å². The molecule has 0 aromatic carbocycles. The highest BCUT2D eigenvalue weighted by Crippen LogP contribution is 2.07. The van der Waals surface area contributed by atoms with Crippen molar-refractivity contribution in [3.63, 3.8) is 0 Å². The average molecular weight is 405 g/mol. The lowest BCUT2D eigenvalue weighted by Crippen LogP contribution is -2.31. The third-order valence-corrected chi connectivity index (χ3v) is 3.90. The topological polar surface area (TPSA) is 97.4 Å². The van der Waals surface area contributed by atoms with Gasteiger partial charge in [-0.1, -0.05) is 12.8 Å². The molecular formula is C20H36O8. The number of hydrogen-bond acceptors (Lipinski definition) is 8. The van der Waals surface area contributed by atoms with Crippen LogP contribution >= 0.6 is 0 Å². The SMILES string of the molecule is COCCCCCC(=O)OCC(C)OC(=O)C(C)OC(=O)CCCCCOC. The Balaban J connectivity index is 3.87. The second kappa shape index (κ2) is 17.4. The monoisotopic (exact) mass is 404 g/mol. The Labute approximate surface area is 168 Å². The van der Waals surface area contributed by atoms with Crippen molar-refractivity contribution in [2.24, 2.45) is 0 Å². The molecule has 8 nitrogen and oxygen atoms in total. The standard InChI is InChI=1S/C20H36O8/c1-16(15-26-18(21)11-7-5-9-13-24-3)27-20(23)17(2)28-19(22)12-8-6-10-14-25-4/h16-17H,5-15H2,1-4H3. The summed E-state index contributed by atoms with van der Waals surface area (Å²) in [7, 11) is 3.28. The number of esters is 3. The number of carbonyl (C=O) groups excluding carboxylic acids is 3. The highest BCUT2D eigenvalue weighted by atomic mass is 16.6. The van der Waals surface area contributed by atoms with Gasteiger partial charge >= 0.3 is 17.9 Å². The lowest BCUT2D eigenvalue weighted by Gasteiger charge is -2.17. The molecule has 8 heteroatoms. The van der Waals surface area contributed by atoms with Gasteiger partial charge in [0, 0.05) is 40.3 Å². The van der Waals surface area contributed by atoms with Crippen molar-refractivity contribution in [2.45, 2.75) is 77.4 Å². The van der Waals surface area contributed by atoms with Crippen LogP contribution in [0.2, 0.25) is 0 Å². The van der Waals surface area contributed by atoms with E-state index in [1.54, 1.807) is 21.1 Å². The number of methoxy groups -OCH3 is 2. The lowest BCUT2D eigenvalue weighted by molar-refractivity contribution is -0.172. The Morgan fingerprint density at radius 3 is 1.79 bits per heavy atom. The lowest BCUT2D eigenvalue weighted by atomic mass is 10.2. The van der Waals surface area contributed by atoms with E-state index in [4.69, 9.17) is 23.7 Å². The van der Waals surface area contributed by atoms with Gasteiger partial charge in [0.2, 0.25) is 0 Å². The molecule has 0 aliphatic heterocycles. The molecule has 0 rings (SSSR count). The zero-order valence-electron chi connectivity index (χ0n) is 17.7. The van der Waals surface area contributed by atoms with E-state index >= 15 is 0 Å². The van der Waals surface area contributed by atoms with Crippen molar-refractivity contribution in [3.8, 4) is 0 Å². The Kier molecular flexibility index (Phi) is 16.4. The Morgan fingerprint density at radius 1 is 0.714 bits per heavy atom. The molecular weight excluding hydrogens is 368 g/mol. The number of unbranched alkanes of at least 4 members (excludes halogenated alkanes) is 4. The van der Waals surface area contributed by atoms with Crippen LogP contribution in [0.25, 0.3) is 0 Å². The van der Waals surface area contributed by atoms with Gasteiger partial charge in [-0.15, -0.1) is 0 Å². The predicted octanol–water partition coefficient (Wildman–Crippen LogP) is 2.81. The molecule has 0 saturated carbocycles. The normalized spacial score (nSPS) is 12.9. The van der Waals surface area contributed by atoms with Crippen LogP contribution in [-0.2, 0) is 38.1 Å². The molecule has 28 heavy (non-hydrogen) atoms. The first kappa shape index (κ1) is 26.3. The molecule has 0 aliphatic rings. The minimum absolute atomic E-state index is 0.0250. The molecule has 0 heterocycles. The van der Waals surface area contributed by atoms with Gasteiger partial charge in [0.15, 0.2) is 6.10 Å². The minimum Gasteiger partial charge on any atom is -0.462 e. The molecule has 0 aromatic heterocycles. The Bertz CT molecular complexity index is 438. The molecule has 0 N–H and O–H groups in total. The maximum atomic E-state index is 12.0. The van der Waals surface area contributed by atoms with Crippen molar-refractivity contribution in [1.29, 1.82) is 0 Å². The van der Waals surface area contributed by atoms with E-state index in [-0.39, 0.29) is 19.0 Å². The largest absolute Gasteiger partial charge is 0.462 e. The summed E-state index contributed by atoms with van der Waals surface area (Å²) in [5.74, 6) is -1.42. The van der Waals surface area contributed by atoms with E-state index in [1.165, 1.54) is 6.92 Å². The molecule has 0 fully saturated rings. The maximum absolute atomic E-state index is 12.0. The van der Waals surface area contributed by atoms with Crippen molar-refractivity contribution in [1.82, 2.24) is 0 Å². The van der Waals surface area contributed by atoms with Gasteiger partial charge in [0.05, 0.1) is 0 Å². The Hall–Kier alpha value is -1.67. The highest BCUT2D eigenvalue weighted by Gasteiger charge is 2.22. The average Bonchev–Trinajstić information content (AvgIpc) is 2.66. The highest BCUT2D eigenvalue weighted by molar-refractivity contribution is 5.79. The maximum Gasteiger partial charge on any atom is 0.347 e. The smallest absolute Gasteiger partial charge is 0.347 e. The molecule has 0 radical (unpaired) electrons. The zero-order valence-corrected chi connectivity index (χ0v) is 17.7. The van der Waals surface area contributed by atoms with E-state index in [0.29, 0.717) is 26.1 Å². The van der Waals surface area contributed by atoms with Gasteiger partial charge in [-0.3, -0.25) is 9.59 Å². The van der Waals surface area contributed by atoms with Gasteiger partial charge in [-0.05, 0) is 39.5 Å². The first-order valence-corrected chi connectivity index (χ1v) is 9.94. The van der Waals surface area contributed by atoms with E-state index < -0.39 is 24.1 Å². The second-order valence-corrected chi connectivity index (χ2v) is 6.67. The molecule has 0 saturated heterocycles. The first-order chi connectivity index (χ1) is 13.4. The summed E-state index contributed by atoms with van der Waals surface area (Å²) in [6.45, 7) is 4.40. The molecule has 0 aliphatic carbocycles. The van der Waals surface area contributed by atoms with Gasteiger partial charge in [-0.2, -0.15) is 0 Å². The van der Waals surface area contributed by atoms with Crippen molar-refractivity contribution < 1.29 is 38.1 Å². The van der Waals surface area contributed by atoms with Gasteiger partial charge in [0.1, 0.15) is 12.7 Å². The molecule has 0 amide bonds. The van der Waals surface area contributed by atoms with Crippen LogP contribution in [0.3, 0.4) is 0 Å². The third-order valence-electron chi connectivity index (χ3n) is 3.90. The van der Waals surface area contributed by atoms with Crippen LogP contribution in [0.1, 0.15) is 65.2 Å². The molecule has 164 valence electrons. The van der Waals surface area contributed by atoms with Crippen LogP contribution in [-0.4, -0.2) is 64.2 Å². The second-order valence-electron chi connectivity index (χ2n) is 6.67. The fourth-order valence-electron chi connectivity index (χ4n) is 2.30. The molecule has 0 bridgehead atoms. The van der Waals surface area contributed by atoms with E-state index in [1.807, 2.05) is 0 Å². The summed E-state index contributed by atoms with van der Waals surface area (Å²) in [5, 5.41) is 0. The zero-order chi connectivity index (χ0) is 21.2. The summed E-state index contributed by atoms with van der Waals surface area (Å²) in [5.41, 5.74) is 0. The van der Waals surface area contributed by atoms with E-state index in [0.717, 1.165) is 32.1 Å². The summed E-state index contributed by atoms with van der Waals surface area (Å²) < 4.78 is 25.2. The van der Waals surface area contributed by atoms with Gasteiger partial charge < -0.3 is 23.7 Å². The van der Waals surface area contributed by atoms with Crippen molar-refractivity contribution >= 4 is 17.9 Å². The number of rotatable bonds is 17. The van der Waals surface area contributed by atoms with Crippen LogP contribution in [0.15, 0.2) is 0 Å². The third kappa shape index (κ3) is 15.4. The Morgan fingerprint density at radius 2 is 1.25 bits per heavy atom. The quantitative estimate of drug-likeness (QED) is 0.207. The first-order valence-electron chi connectivity index (χ1n) is 9.94. The molecule has 0 spiro atoms. The molecule has 0 aromatic rings. The van der Waals surface area contributed by atoms with Crippen LogP contribution in [0.4, 0.5) is 0 Å². The van der Waals surface area contributed by atoms with Crippen LogP contribution in [0, 0.1) is 0 Å². The fourth-order valence-corrected chi connectivity index (χ4v) is 2.30. The number of hydrogen-bond donors (Lipinski definition) is 0. The van der Waals surface area contributed by atoms with E-state index in [9.17, 15) is 14.4 Å². The van der Waals surface area contributed by atoms with Crippen LogP contribution < -0.4 is 0 Å². The summed E-state index contributed by atoms with van der Waals surface area (Å²) in [6.07, 6.45) is 3.91.